The van der Waals surface area contributed by atoms with E-state index in [-0.39, 0.29) is 11.8 Å². The second-order valence-corrected chi connectivity index (χ2v) is 6.43. The molecule has 2 aromatic heterocycles. The van der Waals surface area contributed by atoms with E-state index in [0.717, 1.165) is 28.5 Å². The summed E-state index contributed by atoms with van der Waals surface area (Å²) in [4.78, 5) is 17.1. The number of aliphatic imine (C=N–C) groups is 1. The smallest absolute Gasteiger partial charge is 0.163 e. The Morgan fingerprint density at radius 2 is 1.96 bits per heavy atom. The maximum atomic E-state index is 12.2. The highest BCUT2D eigenvalue weighted by Gasteiger charge is 2.31. The van der Waals surface area contributed by atoms with Crippen molar-refractivity contribution in [1.82, 2.24) is 24.5 Å². The number of hydrogen-bond acceptors (Lipinski definition) is 5. The molecule has 0 bridgehead atoms. The van der Waals surface area contributed by atoms with E-state index in [1.165, 1.54) is 0 Å². The third kappa shape index (κ3) is 2.65. The van der Waals surface area contributed by atoms with E-state index in [2.05, 4.69) is 15.3 Å². The van der Waals surface area contributed by atoms with Gasteiger partial charge in [-0.3, -0.25) is 19.0 Å². The van der Waals surface area contributed by atoms with Crippen molar-refractivity contribution in [2.24, 2.45) is 12.0 Å². The van der Waals surface area contributed by atoms with Crippen molar-refractivity contribution in [2.45, 2.75) is 32.7 Å². The van der Waals surface area contributed by atoms with E-state index >= 15 is 0 Å². The lowest BCUT2D eigenvalue weighted by atomic mass is 10.1. The van der Waals surface area contributed by atoms with E-state index in [1.807, 2.05) is 62.0 Å². The Morgan fingerprint density at radius 3 is 2.69 bits per heavy atom. The molecule has 7 heteroatoms. The van der Waals surface area contributed by atoms with Crippen LogP contribution in [0.25, 0.3) is 5.69 Å². The molecule has 26 heavy (non-hydrogen) atoms. The van der Waals surface area contributed by atoms with Crippen LogP contribution in [0, 0.1) is 6.92 Å². The van der Waals surface area contributed by atoms with Crippen molar-refractivity contribution in [2.75, 3.05) is 0 Å². The van der Waals surface area contributed by atoms with Crippen molar-refractivity contribution >= 4 is 11.5 Å². The van der Waals surface area contributed by atoms with Gasteiger partial charge in [0.15, 0.2) is 5.82 Å². The summed E-state index contributed by atoms with van der Waals surface area (Å²) in [6.07, 6.45) is 2.73. The van der Waals surface area contributed by atoms with Gasteiger partial charge in [0.1, 0.15) is 23.3 Å². The van der Waals surface area contributed by atoms with Crippen molar-refractivity contribution < 1.29 is 4.79 Å². The topological polar surface area (TPSA) is 78.0 Å². The predicted molar refractivity (Wildman–Crippen MR) is 97.6 cm³/mol. The Labute approximate surface area is 151 Å². The van der Waals surface area contributed by atoms with Gasteiger partial charge in [0, 0.05) is 31.6 Å². The monoisotopic (exact) mass is 348 g/mol. The molecule has 0 radical (unpaired) electrons. The zero-order valence-electron chi connectivity index (χ0n) is 15.0. The van der Waals surface area contributed by atoms with E-state index in [0.29, 0.717) is 18.7 Å². The highest BCUT2D eigenvalue weighted by atomic mass is 16.1. The van der Waals surface area contributed by atoms with Gasteiger partial charge in [0.2, 0.25) is 0 Å². The summed E-state index contributed by atoms with van der Waals surface area (Å²) in [6.45, 7) is 3.77. The van der Waals surface area contributed by atoms with E-state index in [4.69, 9.17) is 4.99 Å². The fourth-order valence-electron chi connectivity index (χ4n) is 3.28. The van der Waals surface area contributed by atoms with Crippen LogP contribution >= 0.6 is 0 Å². The molecule has 0 N–H and O–H groups in total. The highest BCUT2D eigenvalue weighted by Crippen LogP contribution is 2.32. The maximum Gasteiger partial charge on any atom is 0.163 e. The van der Waals surface area contributed by atoms with Gasteiger partial charge in [-0.1, -0.05) is 37.3 Å². The first-order valence-corrected chi connectivity index (χ1v) is 8.69. The summed E-state index contributed by atoms with van der Waals surface area (Å²) in [5, 5.41) is 13.2. The summed E-state index contributed by atoms with van der Waals surface area (Å²) in [5.74, 6) is 1.59. The fourth-order valence-corrected chi connectivity index (χ4v) is 3.28. The third-order valence-electron chi connectivity index (χ3n) is 4.57. The van der Waals surface area contributed by atoms with Gasteiger partial charge in [-0.15, -0.1) is 10.2 Å². The number of hydrogen-bond donors (Lipinski definition) is 0. The average molecular weight is 348 g/mol. The molecule has 0 spiro atoms. The number of aromatic nitrogens is 5. The first kappa shape index (κ1) is 16.4. The number of carbonyl (C=O) groups excluding carboxylic acids is 1. The Hall–Kier alpha value is -3.09. The molecule has 7 nitrogen and oxygen atoms in total. The summed E-state index contributed by atoms with van der Waals surface area (Å²) >= 11 is 0. The van der Waals surface area contributed by atoms with Gasteiger partial charge in [-0.05, 0) is 6.92 Å². The molecule has 3 heterocycles. The number of fused-ring (bicyclic) bond motifs is 3. The molecular weight excluding hydrogens is 328 g/mol. The minimum Gasteiger partial charge on any atom is -0.300 e. The Balaban J connectivity index is 1.97. The number of rotatable bonds is 4. The quantitative estimate of drug-likeness (QED) is 0.726. The predicted octanol–water partition coefficient (Wildman–Crippen LogP) is 2.57. The van der Waals surface area contributed by atoms with Crippen LogP contribution in [-0.2, 0) is 11.8 Å². The molecular formula is C19H20N6O. The Kier molecular flexibility index (Phi) is 3.99. The lowest BCUT2D eigenvalue weighted by molar-refractivity contribution is -0.119. The second kappa shape index (κ2) is 6.33. The summed E-state index contributed by atoms with van der Waals surface area (Å²) in [5.41, 5.74) is 3.41. The molecule has 0 aliphatic carbocycles. The minimum absolute atomic E-state index is 0.151. The molecule has 0 fully saturated rings. The molecule has 0 saturated heterocycles. The Morgan fingerprint density at radius 1 is 1.19 bits per heavy atom. The first-order chi connectivity index (χ1) is 12.6. The number of aryl methyl sites for hydroxylation is 2. The normalized spacial score (nSPS) is 15.8. The van der Waals surface area contributed by atoms with E-state index < -0.39 is 0 Å². The van der Waals surface area contributed by atoms with Crippen LogP contribution in [0.1, 0.15) is 48.7 Å². The largest absolute Gasteiger partial charge is 0.300 e. The lowest BCUT2D eigenvalue weighted by Crippen LogP contribution is -2.11. The fraction of sp³-hybridized carbons (Fsp3) is 0.316. The van der Waals surface area contributed by atoms with Gasteiger partial charge in [-0.25, -0.2) is 0 Å². The molecule has 1 atom stereocenters. The van der Waals surface area contributed by atoms with Crippen LogP contribution in [0.2, 0.25) is 0 Å². The molecule has 132 valence electrons. The summed E-state index contributed by atoms with van der Waals surface area (Å²) in [7, 11) is 1.88. The molecule has 1 aliphatic rings. The third-order valence-corrected chi connectivity index (χ3v) is 4.57. The number of Topliss-reactive ketones (excluding diaryl/α,β-unsaturated/α-hetero) is 1. The highest BCUT2D eigenvalue weighted by molar-refractivity contribution is 6.14. The first-order valence-electron chi connectivity index (χ1n) is 8.69. The lowest BCUT2D eigenvalue weighted by Gasteiger charge is -2.11. The zero-order chi connectivity index (χ0) is 18.3. The number of ketones is 1. The van der Waals surface area contributed by atoms with Crippen molar-refractivity contribution in [3.63, 3.8) is 0 Å². The van der Waals surface area contributed by atoms with Gasteiger partial charge in [-0.2, -0.15) is 5.10 Å². The zero-order valence-corrected chi connectivity index (χ0v) is 15.0. The van der Waals surface area contributed by atoms with Crippen LogP contribution in [0.3, 0.4) is 0 Å². The van der Waals surface area contributed by atoms with Gasteiger partial charge in [0.25, 0.3) is 0 Å². The van der Waals surface area contributed by atoms with Crippen molar-refractivity contribution in [1.29, 1.82) is 0 Å². The van der Waals surface area contributed by atoms with Gasteiger partial charge < -0.3 is 0 Å². The number of nitrogens with zero attached hydrogens (tertiary/aromatic N) is 6. The number of carbonyl (C=O) groups is 1. The second-order valence-electron chi connectivity index (χ2n) is 6.43. The van der Waals surface area contributed by atoms with Crippen molar-refractivity contribution in [3.05, 3.63) is 59.4 Å². The molecule has 1 aromatic carbocycles. The molecule has 0 saturated carbocycles. The molecule has 0 unspecified atom stereocenters. The van der Waals surface area contributed by atoms with E-state index in [9.17, 15) is 4.79 Å². The van der Waals surface area contributed by atoms with Crippen molar-refractivity contribution in [3.8, 4) is 5.69 Å². The molecule has 4 rings (SSSR count). The van der Waals surface area contributed by atoms with Crippen LogP contribution in [0.15, 0.2) is 41.5 Å². The van der Waals surface area contributed by atoms with Crippen LogP contribution in [0.5, 0.6) is 0 Å². The minimum atomic E-state index is -0.377. The maximum absolute atomic E-state index is 12.2. The average Bonchev–Trinajstić information content (AvgIpc) is 3.18. The standard InChI is InChI=1S/C19H20N6O/c1-4-14(26)10-15-19-22-21-12(2)25(19)16-11-24(3)23-18(16)17(20-15)13-8-6-5-7-9-13/h5-9,11,15H,4,10H2,1-3H3/t15-/m0/s1. The van der Waals surface area contributed by atoms with Gasteiger partial charge in [0.05, 0.1) is 11.4 Å². The van der Waals surface area contributed by atoms with Crippen LogP contribution in [0.4, 0.5) is 0 Å². The van der Waals surface area contributed by atoms with E-state index in [1.54, 1.807) is 4.68 Å². The van der Waals surface area contributed by atoms with Crippen LogP contribution in [-0.4, -0.2) is 36.0 Å². The molecule has 3 aromatic rings. The summed E-state index contributed by atoms with van der Waals surface area (Å²) in [6, 6.07) is 9.56. The SMILES string of the molecule is CCC(=O)C[C@@H]1N=C(c2ccccc2)c2nn(C)cc2-n2c(C)nnc21. The van der Waals surface area contributed by atoms with Gasteiger partial charge >= 0.3 is 0 Å². The number of benzene rings is 1. The van der Waals surface area contributed by atoms with Crippen LogP contribution < -0.4 is 0 Å². The summed E-state index contributed by atoms with van der Waals surface area (Å²) < 4.78 is 3.74. The molecule has 0 amide bonds. The Bertz CT molecular complexity index is 998. The molecule has 1 aliphatic heterocycles.